The summed E-state index contributed by atoms with van der Waals surface area (Å²) in [7, 11) is 0. The maximum Gasteiger partial charge on any atom is 0.231 e. The van der Waals surface area contributed by atoms with Crippen LogP contribution in [0.3, 0.4) is 0 Å². The van der Waals surface area contributed by atoms with Gasteiger partial charge in [0.05, 0.1) is 10.7 Å². The van der Waals surface area contributed by atoms with E-state index in [0.29, 0.717) is 28.1 Å². The third-order valence-electron chi connectivity index (χ3n) is 2.95. The van der Waals surface area contributed by atoms with Crippen molar-refractivity contribution in [2.75, 3.05) is 12.1 Å². The van der Waals surface area contributed by atoms with Gasteiger partial charge in [0.1, 0.15) is 0 Å². The molecule has 2 aromatic rings. The maximum atomic E-state index is 6.20. The van der Waals surface area contributed by atoms with Gasteiger partial charge < -0.3 is 14.8 Å². The first-order valence-corrected chi connectivity index (χ1v) is 7.45. The lowest BCUT2D eigenvalue weighted by atomic mass is 10.2. The molecule has 2 aromatic carbocycles. The number of rotatable bonds is 3. The Kier molecular flexibility index (Phi) is 3.96. The minimum absolute atomic E-state index is 0.230. The van der Waals surface area contributed by atoms with Gasteiger partial charge in [-0.2, -0.15) is 0 Å². The highest BCUT2D eigenvalue weighted by Crippen LogP contribution is 2.39. The lowest BCUT2D eigenvalue weighted by molar-refractivity contribution is 0.174. The lowest BCUT2D eigenvalue weighted by Gasteiger charge is -2.11. The molecule has 3 rings (SSSR count). The van der Waals surface area contributed by atoms with Crippen molar-refractivity contribution in [3.05, 3.63) is 50.4 Å². The van der Waals surface area contributed by atoms with Crippen LogP contribution in [0.2, 0.25) is 10.0 Å². The van der Waals surface area contributed by atoms with E-state index in [9.17, 15) is 0 Å². The summed E-state index contributed by atoms with van der Waals surface area (Å²) in [4.78, 5) is 0. The maximum absolute atomic E-state index is 6.20. The highest BCUT2D eigenvalue weighted by molar-refractivity contribution is 9.10. The normalized spacial score (nSPS) is 12.6. The number of benzene rings is 2. The summed E-state index contributed by atoms with van der Waals surface area (Å²) >= 11 is 15.8. The van der Waals surface area contributed by atoms with Gasteiger partial charge in [0, 0.05) is 28.2 Å². The molecule has 1 aliphatic heterocycles. The molecule has 6 heteroatoms. The monoisotopic (exact) mass is 373 g/mol. The zero-order valence-corrected chi connectivity index (χ0v) is 13.3. The molecular formula is C14H10BrCl2NO2. The molecule has 0 fully saturated rings. The van der Waals surface area contributed by atoms with E-state index < -0.39 is 0 Å². The molecule has 0 bridgehead atoms. The summed E-state index contributed by atoms with van der Waals surface area (Å²) in [6.07, 6.45) is 0. The van der Waals surface area contributed by atoms with E-state index in [0.717, 1.165) is 15.7 Å². The van der Waals surface area contributed by atoms with Crippen LogP contribution >= 0.6 is 39.1 Å². The van der Waals surface area contributed by atoms with Crippen molar-refractivity contribution >= 4 is 44.8 Å². The van der Waals surface area contributed by atoms with Crippen LogP contribution in [0.15, 0.2) is 34.8 Å². The van der Waals surface area contributed by atoms with Gasteiger partial charge in [-0.25, -0.2) is 0 Å². The van der Waals surface area contributed by atoms with E-state index in [1.165, 1.54) is 0 Å². The standard InChI is InChI=1S/C14H10BrCl2NO2/c15-9-2-1-8(10(16)3-9)6-18-12-5-14-13(4-11(12)17)19-7-20-14/h1-5,18H,6-7H2. The van der Waals surface area contributed by atoms with Crippen LogP contribution in [-0.2, 0) is 6.54 Å². The topological polar surface area (TPSA) is 30.5 Å². The fraction of sp³-hybridized carbons (Fsp3) is 0.143. The van der Waals surface area contributed by atoms with E-state index in [2.05, 4.69) is 21.2 Å². The molecule has 0 radical (unpaired) electrons. The SMILES string of the molecule is Clc1cc(Br)ccc1CNc1cc2c(cc1Cl)OCO2. The third-order valence-corrected chi connectivity index (χ3v) is 4.10. The summed E-state index contributed by atoms with van der Waals surface area (Å²) in [5, 5.41) is 4.54. The van der Waals surface area contributed by atoms with Crippen molar-refractivity contribution in [3.8, 4) is 11.5 Å². The predicted molar refractivity (Wildman–Crippen MR) is 84.1 cm³/mol. The first-order chi connectivity index (χ1) is 9.63. The van der Waals surface area contributed by atoms with Crippen LogP contribution in [-0.4, -0.2) is 6.79 Å². The molecule has 0 unspecified atom stereocenters. The summed E-state index contributed by atoms with van der Waals surface area (Å²) < 4.78 is 11.6. The second-order valence-electron chi connectivity index (χ2n) is 4.27. The van der Waals surface area contributed by atoms with Crippen LogP contribution in [0.4, 0.5) is 5.69 Å². The number of nitrogens with one attached hydrogen (secondary N) is 1. The van der Waals surface area contributed by atoms with Crippen molar-refractivity contribution in [3.63, 3.8) is 0 Å². The molecule has 3 nitrogen and oxygen atoms in total. The van der Waals surface area contributed by atoms with Gasteiger partial charge in [-0.3, -0.25) is 0 Å². The van der Waals surface area contributed by atoms with E-state index in [1.54, 1.807) is 6.07 Å². The van der Waals surface area contributed by atoms with Crippen LogP contribution < -0.4 is 14.8 Å². The fourth-order valence-corrected chi connectivity index (χ4v) is 2.87. The molecule has 1 N–H and O–H groups in total. The molecule has 1 heterocycles. The molecule has 0 saturated heterocycles. The Bertz CT molecular complexity index is 664. The van der Waals surface area contributed by atoms with E-state index in [-0.39, 0.29) is 6.79 Å². The van der Waals surface area contributed by atoms with Crippen molar-refractivity contribution in [1.29, 1.82) is 0 Å². The first-order valence-electron chi connectivity index (χ1n) is 5.90. The largest absolute Gasteiger partial charge is 0.454 e. The molecule has 20 heavy (non-hydrogen) atoms. The summed E-state index contributed by atoms with van der Waals surface area (Å²) in [6.45, 7) is 0.805. The van der Waals surface area contributed by atoms with Gasteiger partial charge >= 0.3 is 0 Å². The van der Waals surface area contributed by atoms with Crippen LogP contribution in [0, 0.1) is 0 Å². The highest BCUT2D eigenvalue weighted by atomic mass is 79.9. The smallest absolute Gasteiger partial charge is 0.231 e. The second-order valence-corrected chi connectivity index (χ2v) is 6.00. The Morgan fingerprint density at radius 3 is 2.55 bits per heavy atom. The van der Waals surface area contributed by atoms with Gasteiger partial charge in [0.2, 0.25) is 6.79 Å². The number of hydrogen-bond acceptors (Lipinski definition) is 3. The van der Waals surface area contributed by atoms with Crippen LogP contribution in [0.25, 0.3) is 0 Å². The lowest BCUT2D eigenvalue weighted by Crippen LogP contribution is -2.00. The average Bonchev–Trinajstić information content (AvgIpc) is 2.84. The zero-order chi connectivity index (χ0) is 14.1. The predicted octanol–water partition coefficient (Wildman–Crippen LogP) is 5.10. The number of fused-ring (bicyclic) bond motifs is 1. The van der Waals surface area contributed by atoms with Crippen LogP contribution in [0.5, 0.6) is 11.5 Å². The molecule has 0 atom stereocenters. The number of anilines is 1. The molecule has 0 saturated carbocycles. The molecule has 104 valence electrons. The Balaban J connectivity index is 1.78. The second kappa shape index (κ2) is 5.72. The van der Waals surface area contributed by atoms with Crippen molar-refractivity contribution in [2.24, 2.45) is 0 Å². The van der Waals surface area contributed by atoms with Gasteiger partial charge in [-0.15, -0.1) is 0 Å². The van der Waals surface area contributed by atoms with Gasteiger partial charge in [0.25, 0.3) is 0 Å². The molecule has 0 aliphatic carbocycles. The average molecular weight is 375 g/mol. The minimum atomic E-state index is 0.230. The Labute approximate surface area is 134 Å². The minimum Gasteiger partial charge on any atom is -0.454 e. The Hall–Kier alpha value is -1.10. The van der Waals surface area contributed by atoms with Crippen molar-refractivity contribution in [2.45, 2.75) is 6.54 Å². The van der Waals surface area contributed by atoms with Gasteiger partial charge in [-0.05, 0) is 17.7 Å². The van der Waals surface area contributed by atoms with Crippen molar-refractivity contribution in [1.82, 2.24) is 0 Å². The zero-order valence-electron chi connectivity index (χ0n) is 10.3. The fourth-order valence-electron chi connectivity index (χ4n) is 1.91. The number of hydrogen-bond donors (Lipinski definition) is 1. The number of ether oxygens (including phenoxy) is 2. The summed E-state index contributed by atoms with van der Waals surface area (Å²) in [6, 6.07) is 9.34. The van der Waals surface area contributed by atoms with Crippen molar-refractivity contribution < 1.29 is 9.47 Å². The highest BCUT2D eigenvalue weighted by Gasteiger charge is 2.16. The Morgan fingerprint density at radius 2 is 1.80 bits per heavy atom. The van der Waals surface area contributed by atoms with Gasteiger partial charge in [-0.1, -0.05) is 45.2 Å². The first kappa shape index (κ1) is 13.9. The van der Waals surface area contributed by atoms with Gasteiger partial charge in [0.15, 0.2) is 11.5 Å². The molecular weight excluding hydrogens is 365 g/mol. The number of halogens is 3. The van der Waals surface area contributed by atoms with Crippen LogP contribution in [0.1, 0.15) is 5.56 Å². The Morgan fingerprint density at radius 1 is 1.05 bits per heavy atom. The molecule has 0 amide bonds. The third kappa shape index (κ3) is 2.82. The van der Waals surface area contributed by atoms with E-state index >= 15 is 0 Å². The molecule has 0 spiro atoms. The van der Waals surface area contributed by atoms with E-state index in [4.69, 9.17) is 32.7 Å². The molecule has 0 aromatic heterocycles. The molecule has 1 aliphatic rings. The summed E-state index contributed by atoms with van der Waals surface area (Å²) in [5.41, 5.74) is 1.78. The van der Waals surface area contributed by atoms with E-state index in [1.807, 2.05) is 24.3 Å². The quantitative estimate of drug-likeness (QED) is 0.810. The summed E-state index contributed by atoms with van der Waals surface area (Å²) in [5.74, 6) is 1.36.